The van der Waals surface area contributed by atoms with Crippen LogP contribution in [0, 0.1) is 5.92 Å². The molecular formula is C26H29N3O7. The molecule has 0 radical (unpaired) electrons. The molecule has 36 heavy (non-hydrogen) atoms. The van der Waals surface area contributed by atoms with Gasteiger partial charge in [-0.2, -0.15) is 0 Å². The van der Waals surface area contributed by atoms with Crippen LogP contribution in [0.2, 0.25) is 0 Å². The average molecular weight is 496 g/mol. The van der Waals surface area contributed by atoms with Gasteiger partial charge in [-0.15, -0.1) is 0 Å². The minimum Gasteiger partial charge on any atom is -0.492 e. The number of amides is 5. The molecule has 190 valence electrons. The van der Waals surface area contributed by atoms with Crippen LogP contribution in [0.4, 0.5) is 10.5 Å². The molecule has 0 bridgehead atoms. The summed E-state index contributed by atoms with van der Waals surface area (Å²) in [4.78, 5) is 52.7. The fourth-order valence-corrected chi connectivity index (χ4v) is 4.15. The number of urea groups is 1. The highest BCUT2D eigenvalue weighted by Crippen LogP contribution is 2.35. The van der Waals surface area contributed by atoms with Crippen molar-refractivity contribution < 1.29 is 33.4 Å². The molecule has 2 aromatic carbocycles. The van der Waals surface area contributed by atoms with Gasteiger partial charge in [0.15, 0.2) is 11.5 Å². The summed E-state index contributed by atoms with van der Waals surface area (Å²) in [6.07, 6.45) is 0.775. The number of carbonyl (C=O) groups is 4. The molecule has 0 spiro atoms. The summed E-state index contributed by atoms with van der Waals surface area (Å²) in [7, 11) is 0. The van der Waals surface area contributed by atoms with E-state index >= 15 is 0 Å². The third-order valence-electron chi connectivity index (χ3n) is 5.87. The van der Waals surface area contributed by atoms with Crippen molar-refractivity contribution in [1.29, 1.82) is 0 Å². The number of benzene rings is 2. The van der Waals surface area contributed by atoms with Gasteiger partial charge in [0.1, 0.15) is 12.3 Å². The molecular weight excluding hydrogens is 466 g/mol. The highest BCUT2D eigenvalue weighted by Gasteiger charge is 2.47. The summed E-state index contributed by atoms with van der Waals surface area (Å²) in [6.45, 7) is 6.46. The lowest BCUT2D eigenvalue weighted by atomic mass is 9.95. The normalized spacial score (nSPS) is 16.3. The number of para-hydroxylation sites is 2. The van der Waals surface area contributed by atoms with Gasteiger partial charge in [0.05, 0.1) is 31.5 Å². The van der Waals surface area contributed by atoms with Crippen LogP contribution in [-0.2, 0) is 14.4 Å². The number of rotatable bonds is 8. The first-order valence-electron chi connectivity index (χ1n) is 11.9. The van der Waals surface area contributed by atoms with Crippen molar-refractivity contribution in [2.45, 2.75) is 33.2 Å². The molecule has 0 aliphatic carbocycles. The molecule has 4 rings (SSSR count). The molecule has 2 aliphatic heterocycles. The second kappa shape index (κ2) is 10.7. The first-order valence-corrected chi connectivity index (χ1v) is 11.9. The Morgan fingerprint density at radius 3 is 2.47 bits per heavy atom. The van der Waals surface area contributed by atoms with Gasteiger partial charge in [-0.25, -0.2) is 14.6 Å². The highest BCUT2D eigenvalue weighted by atomic mass is 16.5. The smallest absolute Gasteiger partial charge is 0.339 e. The lowest BCUT2D eigenvalue weighted by Crippen LogP contribution is -2.43. The van der Waals surface area contributed by atoms with Crippen LogP contribution in [0.3, 0.4) is 0 Å². The fraction of sp³-hybridized carbons (Fsp3) is 0.385. The Balaban J connectivity index is 1.50. The lowest BCUT2D eigenvalue weighted by Gasteiger charge is -2.25. The van der Waals surface area contributed by atoms with E-state index in [4.69, 9.17) is 14.2 Å². The van der Waals surface area contributed by atoms with Crippen molar-refractivity contribution in [3.05, 3.63) is 48.0 Å². The second-order valence-electron chi connectivity index (χ2n) is 8.76. The Kier molecular flexibility index (Phi) is 7.42. The monoisotopic (exact) mass is 495 g/mol. The van der Waals surface area contributed by atoms with Gasteiger partial charge in [0, 0.05) is 6.42 Å². The van der Waals surface area contributed by atoms with Crippen LogP contribution < -0.4 is 24.4 Å². The topological polar surface area (TPSA) is 114 Å². The number of ether oxygens (including phenoxy) is 3. The van der Waals surface area contributed by atoms with Gasteiger partial charge in [-0.05, 0) is 42.7 Å². The zero-order valence-corrected chi connectivity index (χ0v) is 20.5. The predicted octanol–water partition coefficient (Wildman–Crippen LogP) is 3.06. The zero-order valence-electron chi connectivity index (χ0n) is 20.5. The van der Waals surface area contributed by atoms with Crippen LogP contribution >= 0.6 is 0 Å². The summed E-state index contributed by atoms with van der Waals surface area (Å²) in [6, 6.07) is 10.6. The quantitative estimate of drug-likeness (QED) is 0.442. The highest BCUT2D eigenvalue weighted by molar-refractivity contribution is 6.53. The number of carbonyl (C=O) groups excluding carboxylic acids is 4. The molecule has 5 amide bonds. The first kappa shape index (κ1) is 25.0. The van der Waals surface area contributed by atoms with Gasteiger partial charge in [0.25, 0.3) is 0 Å². The minimum absolute atomic E-state index is 0.0140. The van der Waals surface area contributed by atoms with E-state index < -0.39 is 36.3 Å². The number of imide groups is 2. The van der Waals surface area contributed by atoms with Crippen molar-refractivity contribution >= 4 is 29.4 Å². The SMILES string of the molecule is CCOc1ccccc1N1C(=O)C(=O)N(CC(=O)NC(c2ccc3c(c2)OCCCO3)C(C)C)C1=O. The predicted molar refractivity (Wildman–Crippen MR) is 130 cm³/mol. The van der Waals surface area contributed by atoms with E-state index in [1.807, 2.05) is 26.0 Å². The summed E-state index contributed by atoms with van der Waals surface area (Å²) < 4.78 is 16.9. The van der Waals surface area contributed by atoms with Gasteiger partial charge in [-0.3, -0.25) is 14.4 Å². The van der Waals surface area contributed by atoms with Gasteiger partial charge >= 0.3 is 17.8 Å². The fourth-order valence-electron chi connectivity index (χ4n) is 4.15. The Morgan fingerprint density at radius 2 is 1.75 bits per heavy atom. The van der Waals surface area contributed by atoms with E-state index in [1.165, 1.54) is 6.07 Å². The Hall–Kier alpha value is -4.08. The molecule has 2 heterocycles. The van der Waals surface area contributed by atoms with Gasteiger partial charge < -0.3 is 19.5 Å². The number of anilines is 1. The Morgan fingerprint density at radius 1 is 1.03 bits per heavy atom. The third kappa shape index (κ3) is 4.98. The second-order valence-corrected chi connectivity index (χ2v) is 8.76. The number of fused-ring (bicyclic) bond motifs is 1. The first-order chi connectivity index (χ1) is 17.3. The summed E-state index contributed by atoms with van der Waals surface area (Å²) in [5.74, 6) is -1.17. The van der Waals surface area contributed by atoms with Crippen LogP contribution in [0.25, 0.3) is 0 Å². The van der Waals surface area contributed by atoms with Crippen molar-refractivity contribution in [3.8, 4) is 17.2 Å². The molecule has 1 N–H and O–H groups in total. The summed E-state index contributed by atoms with van der Waals surface area (Å²) in [5, 5.41) is 2.89. The van der Waals surface area contributed by atoms with Crippen LogP contribution in [0.1, 0.15) is 38.8 Å². The maximum Gasteiger partial charge on any atom is 0.339 e. The van der Waals surface area contributed by atoms with Crippen LogP contribution in [-0.4, -0.2) is 55.0 Å². The third-order valence-corrected chi connectivity index (χ3v) is 5.87. The van der Waals surface area contributed by atoms with Crippen molar-refractivity contribution in [2.75, 3.05) is 31.3 Å². The van der Waals surface area contributed by atoms with Crippen LogP contribution in [0.5, 0.6) is 17.2 Å². The van der Waals surface area contributed by atoms with E-state index in [0.717, 1.165) is 16.9 Å². The molecule has 1 atom stereocenters. The van der Waals surface area contributed by atoms with Gasteiger partial charge in [0.2, 0.25) is 5.91 Å². The number of hydrogen-bond donors (Lipinski definition) is 1. The molecule has 1 fully saturated rings. The van der Waals surface area contributed by atoms with E-state index in [0.29, 0.717) is 36.2 Å². The summed E-state index contributed by atoms with van der Waals surface area (Å²) >= 11 is 0. The van der Waals surface area contributed by atoms with Crippen molar-refractivity contribution in [1.82, 2.24) is 10.2 Å². The zero-order chi connectivity index (χ0) is 25.8. The number of nitrogens with zero attached hydrogens (tertiary/aromatic N) is 2. The van der Waals surface area contributed by atoms with Crippen LogP contribution in [0.15, 0.2) is 42.5 Å². The molecule has 0 aromatic heterocycles. The van der Waals surface area contributed by atoms with E-state index in [1.54, 1.807) is 31.2 Å². The number of nitrogens with one attached hydrogen (secondary N) is 1. The average Bonchev–Trinajstić information content (AvgIpc) is 3.02. The Labute approximate surface area is 209 Å². The van der Waals surface area contributed by atoms with Crippen molar-refractivity contribution in [3.63, 3.8) is 0 Å². The molecule has 10 heteroatoms. The molecule has 0 saturated carbocycles. The van der Waals surface area contributed by atoms with E-state index in [2.05, 4.69) is 5.32 Å². The standard InChI is InChI=1S/C26H29N3O7/c1-4-34-19-9-6-5-8-18(19)29-25(32)24(31)28(26(29)33)15-22(30)27-23(16(2)3)17-10-11-20-21(14-17)36-13-7-12-35-20/h5-6,8-11,14,16,23H,4,7,12-13,15H2,1-3H3,(H,27,30). The Bertz CT molecular complexity index is 1180. The molecule has 2 aliphatic rings. The van der Waals surface area contributed by atoms with Gasteiger partial charge in [-0.1, -0.05) is 32.0 Å². The van der Waals surface area contributed by atoms with E-state index in [9.17, 15) is 19.2 Å². The largest absolute Gasteiger partial charge is 0.492 e. The molecule has 10 nitrogen and oxygen atoms in total. The number of hydrogen-bond acceptors (Lipinski definition) is 7. The van der Waals surface area contributed by atoms with Crippen molar-refractivity contribution in [2.24, 2.45) is 5.92 Å². The van der Waals surface area contributed by atoms with E-state index in [-0.39, 0.29) is 17.4 Å². The molecule has 1 unspecified atom stereocenters. The lowest BCUT2D eigenvalue weighted by molar-refractivity contribution is -0.140. The maximum absolute atomic E-state index is 13.0. The minimum atomic E-state index is -1.07. The summed E-state index contributed by atoms with van der Waals surface area (Å²) in [5.41, 5.74) is 0.947. The molecule has 2 aromatic rings. The molecule has 1 saturated heterocycles. The maximum atomic E-state index is 13.0.